The van der Waals surface area contributed by atoms with E-state index < -0.39 is 12.0 Å². The molecule has 0 aliphatic rings. The summed E-state index contributed by atoms with van der Waals surface area (Å²) in [6.45, 7) is 0.488. The number of aromatic nitrogens is 2. The van der Waals surface area contributed by atoms with Gasteiger partial charge in [0.1, 0.15) is 5.82 Å². The Morgan fingerprint density at radius 3 is 2.59 bits per heavy atom. The van der Waals surface area contributed by atoms with Crippen molar-refractivity contribution >= 4 is 28.1 Å². The highest BCUT2D eigenvalue weighted by atomic mass is 32.1. The highest BCUT2D eigenvalue weighted by molar-refractivity contribution is 7.07. The molecule has 0 saturated heterocycles. The molecule has 7 heteroatoms. The number of anilines is 1. The van der Waals surface area contributed by atoms with Crippen molar-refractivity contribution in [2.24, 2.45) is 0 Å². The SMILES string of the molecule is CN(Cc1ccsc1)c1nc(C(F)(F)F)nc2ccccc12. The summed E-state index contributed by atoms with van der Waals surface area (Å²) < 4.78 is 39.0. The zero-order chi connectivity index (χ0) is 15.7. The second kappa shape index (κ2) is 5.57. The van der Waals surface area contributed by atoms with Gasteiger partial charge in [-0.2, -0.15) is 24.5 Å². The van der Waals surface area contributed by atoms with E-state index in [1.165, 1.54) is 0 Å². The first kappa shape index (κ1) is 14.8. The van der Waals surface area contributed by atoms with E-state index in [1.54, 1.807) is 47.5 Å². The summed E-state index contributed by atoms with van der Waals surface area (Å²) in [4.78, 5) is 9.08. The van der Waals surface area contributed by atoms with Crippen molar-refractivity contribution in [3.8, 4) is 0 Å². The Morgan fingerprint density at radius 2 is 1.91 bits per heavy atom. The third-order valence-electron chi connectivity index (χ3n) is 3.20. The molecular formula is C15H12F3N3S. The maximum atomic E-state index is 13.0. The summed E-state index contributed by atoms with van der Waals surface area (Å²) >= 11 is 1.55. The molecule has 1 aromatic carbocycles. The van der Waals surface area contributed by atoms with Crippen LogP contribution in [0.1, 0.15) is 11.4 Å². The van der Waals surface area contributed by atoms with Crippen LogP contribution in [0.5, 0.6) is 0 Å². The Bertz CT molecular complexity index is 784. The lowest BCUT2D eigenvalue weighted by Crippen LogP contribution is -2.21. The fourth-order valence-electron chi connectivity index (χ4n) is 2.21. The Kier molecular flexibility index (Phi) is 3.74. The molecule has 3 aromatic rings. The van der Waals surface area contributed by atoms with E-state index in [0.29, 0.717) is 11.9 Å². The van der Waals surface area contributed by atoms with Crippen LogP contribution in [0, 0.1) is 0 Å². The van der Waals surface area contributed by atoms with Gasteiger partial charge in [0, 0.05) is 19.0 Å². The lowest BCUT2D eigenvalue weighted by atomic mass is 10.2. The first-order valence-corrected chi connectivity index (χ1v) is 7.45. The molecule has 22 heavy (non-hydrogen) atoms. The molecule has 0 unspecified atom stereocenters. The summed E-state index contributed by atoms with van der Waals surface area (Å²) in [5.41, 5.74) is 1.32. The van der Waals surface area contributed by atoms with Gasteiger partial charge in [-0.3, -0.25) is 0 Å². The number of alkyl halides is 3. The molecule has 0 bridgehead atoms. The molecule has 0 aliphatic heterocycles. The summed E-state index contributed by atoms with van der Waals surface area (Å²) in [5.74, 6) is -0.831. The molecule has 114 valence electrons. The van der Waals surface area contributed by atoms with Crippen LogP contribution in [0.2, 0.25) is 0 Å². The molecule has 3 nitrogen and oxygen atoms in total. The van der Waals surface area contributed by atoms with E-state index in [4.69, 9.17) is 0 Å². The van der Waals surface area contributed by atoms with Crippen molar-refractivity contribution in [3.63, 3.8) is 0 Å². The average Bonchev–Trinajstić information content (AvgIpc) is 2.98. The van der Waals surface area contributed by atoms with Crippen LogP contribution < -0.4 is 4.90 Å². The Hall–Kier alpha value is -2.15. The smallest absolute Gasteiger partial charge is 0.355 e. The molecule has 0 radical (unpaired) electrons. The molecule has 0 aliphatic carbocycles. The minimum absolute atomic E-state index is 0.282. The maximum absolute atomic E-state index is 13.0. The highest BCUT2D eigenvalue weighted by Gasteiger charge is 2.35. The first-order valence-electron chi connectivity index (χ1n) is 6.51. The minimum Gasteiger partial charge on any atom is -0.355 e. The van der Waals surface area contributed by atoms with Gasteiger partial charge in [0.25, 0.3) is 0 Å². The van der Waals surface area contributed by atoms with E-state index in [1.807, 2.05) is 16.8 Å². The Balaban J connectivity index is 2.10. The minimum atomic E-state index is -4.57. The topological polar surface area (TPSA) is 29.0 Å². The lowest BCUT2D eigenvalue weighted by molar-refractivity contribution is -0.144. The number of fused-ring (bicyclic) bond motifs is 1. The van der Waals surface area contributed by atoms with Crippen molar-refractivity contribution in [1.29, 1.82) is 0 Å². The summed E-state index contributed by atoms with van der Waals surface area (Å²) in [7, 11) is 1.73. The van der Waals surface area contributed by atoms with Gasteiger partial charge in [-0.05, 0) is 34.5 Å². The van der Waals surface area contributed by atoms with Gasteiger partial charge in [-0.25, -0.2) is 9.97 Å². The van der Waals surface area contributed by atoms with Crippen molar-refractivity contribution in [1.82, 2.24) is 9.97 Å². The third-order valence-corrected chi connectivity index (χ3v) is 3.93. The molecule has 0 amide bonds. The number of halogens is 3. The number of hydrogen-bond donors (Lipinski definition) is 0. The van der Waals surface area contributed by atoms with Gasteiger partial charge in [-0.1, -0.05) is 12.1 Å². The standard InChI is InChI=1S/C15H12F3N3S/c1-21(8-10-6-7-22-9-10)13-11-4-2-3-5-12(11)19-14(20-13)15(16,17)18/h2-7,9H,8H2,1H3. The molecule has 0 atom stereocenters. The second-order valence-corrected chi connectivity index (χ2v) is 5.65. The number of thiophene rings is 1. The van der Waals surface area contributed by atoms with Crippen LogP contribution in [0.15, 0.2) is 41.1 Å². The fraction of sp³-hybridized carbons (Fsp3) is 0.200. The number of para-hydroxylation sites is 1. The Morgan fingerprint density at radius 1 is 1.14 bits per heavy atom. The third kappa shape index (κ3) is 2.89. The van der Waals surface area contributed by atoms with E-state index in [9.17, 15) is 13.2 Å². The normalized spacial score (nSPS) is 11.8. The molecule has 0 spiro atoms. The number of hydrogen-bond acceptors (Lipinski definition) is 4. The van der Waals surface area contributed by atoms with Crippen LogP contribution >= 0.6 is 11.3 Å². The molecule has 0 N–H and O–H groups in total. The van der Waals surface area contributed by atoms with Crippen LogP contribution in [-0.2, 0) is 12.7 Å². The quantitative estimate of drug-likeness (QED) is 0.718. The molecular weight excluding hydrogens is 311 g/mol. The van der Waals surface area contributed by atoms with Gasteiger partial charge in [0.2, 0.25) is 5.82 Å². The van der Waals surface area contributed by atoms with Crippen LogP contribution in [0.3, 0.4) is 0 Å². The van der Waals surface area contributed by atoms with Gasteiger partial charge >= 0.3 is 6.18 Å². The molecule has 2 heterocycles. The summed E-state index contributed by atoms with van der Waals surface area (Å²) in [6, 6.07) is 8.66. The molecule has 0 fully saturated rings. The van der Waals surface area contributed by atoms with Crippen molar-refractivity contribution < 1.29 is 13.2 Å². The monoisotopic (exact) mass is 323 g/mol. The lowest BCUT2D eigenvalue weighted by Gasteiger charge is -2.20. The number of nitrogens with zero attached hydrogens (tertiary/aromatic N) is 3. The van der Waals surface area contributed by atoms with Crippen molar-refractivity contribution in [3.05, 3.63) is 52.5 Å². The van der Waals surface area contributed by atoms with Crippen molar-refractivity contribution in [2.45, 2.75) is 12.7 Å². The Labute approximate surface area is 129 Å². The average molecular weight is 323 g/mol. The van der Waals surface area contributed by atoms with Gasteiger partial charge < -0.3 is 4.90 Å². The zero-order valence-electron chi connectivity index (χ0n) is 11.6. The summed E-state index contributed by atoms with van der Waals surface area (Å²) in [5, 5.41) is 4.50. The van der Waals surface area contributed by atoms with E-state index in [0.717, 1.165) is 5.56 Å². The van der Waals surface area contributed by atoms with Gasteiger partial charge in [0.05, 0.1) is 5.52 Å². The van der Waals surface area contributed by atoms with E-state index in [2.05, 4.69) is 9.97 Å². The van der Waals surface area contributed by atoms with Gasteiger partial charge in [-0.15, -0.1) is 0 Å². The molecule has 3 rings (SSSR count). The second-order valence-electron chi connectivity index (χ2n) is 4.87. The van der Waals surface area contributed by atoms with Crippen LogP contribution in [0.25, 0.3) is 10.9 Å². The molecule has 2 aromatic heterocycles. The zero-order valence-corrected chi connectivity index (χ0v) is 12.4. The number of benzene rings is 1. The maximum Gasteiger partial charge on any atom is 0.451 e. The van der Waals surface area contributed by atoms with Crippen molar-refractivity contribution in [2.75, 3.05) is 11.9 Å². The van der Waals surface area contributed by atoms with E-state index >= 15 is 0 Å². The summed E-state index contributed by atoms with van der Waals surface area (Å²) in [6.07, 6.45) is -4.57. The van der Waals surface area contributed by atoms with Crippen LogP contribution in [-0.4, -0.2) is 17.0 Å². The number of rotatable bonds is 3. The van der Waals surface area contributed by atoms with E-state index in [-0.39, 0.29) is 11.3 Å². The molecule has 0 saturated carbocycles. The largest absolute Gasteiger partial charge is 0.451 e. The predicted octanol–water partition coefficient (Wildman–Crippen LogP) is 4.35. The predicted molar refractivity (Wildman–Crippen MR) is 81.0 cm³/mol. The van der Waals surface area contributed by atoms with Crippen LogP contribution in [0.4, 0.5) is 19.0 Å². The fourth-order valence-corrected chi connectivity index (χ4v) is 2.87. The highest BCUT2D eigenvalue weighted by Crippen LogP contribution is 2.31. The van der Waals surface area contributed by atoms with Gasteiger partial charge in [0.15, 0.2) is 0 Å². The first-order chi connectivity index (χ1) is 10.4.